The van der Waals surface area contributed by atoms with E-state index in [1.165, 1.54) is 0 Å². The average Bonchev–Trinajstić information content (AvgIpc) is 1.41. The Morgan fingerprint density at radius 3 is 2.17 bits per heavy atom. The van der Waals surface area contributed by atoms with Crippen LogP contribution in [0.1, 0.15) is 13.3 Å². The van der Waals surface area contributed by atoms with E-state index < -0.39 is 0 Å². The zero-order valence-corrected chi connectivity index (χ0v) is 4.44. The van der Waals surface area contributed by atoms with Gasteiger partial charge in [0.05, 0.1) is 6.61 Å². The summed E-state index contributed by atoms with van der Waals surface area (Å²) in [6, 6.07) is 0. The summed E-state index contributed by atoms with van der Waals surface area (Å²) < 4.78 is 10.5. The molecule has 0 aromatic rings. The molecule has 0 aliphatic carbocycles. The standard InChI is InChI=1S/C3H7FO.Cu/c1-2-3-5-4;/h2-3H2,1H3;. The first-order valence-electron chi connectivity index (χ1n) is 1.65. The summed E-state index contributed by atoms with van der Waals surface area (Å²) in [6.45, 7) is 2.07. The van der Waals surface area contributed by atoms with Gasteiger partial charge in [-0.15, -0.1) is 0 Å². The second-order valence-corrected chi connectivity index (χ2v) is 0.813. The van der Waals surface area contributed by atoms with E-state index in [4.69, 9.17) is 0 Å². The van der Waals surface area contributed by atoms with Crippen LogP contribution in [-0.2, 0) is 22.0 Å². The van der Waals surface area contributed by atoms with Crippen LogP contribution in [0.5, 0.6) is 0 Å². The molecule has 6 heavy (non-hydrogen) atoms. The number of rotatable bonds is 2. The predicted molar refractivity (Wildman–Crippen MR) is 17.4 cm³/mol. The Morgan fingerprint density at radius 1 is 1.67 bits per heavy atom. The van der Waals surface area contributed by atoms with Crippen LogP contribution in [0, 0.1) is 0 Å². The molecule has 0 heterocycles. The molecule has 0 spiro atoms. The van der Waals surface area contributed by atoms with Gasteiger partial charge in [0.1, 0.15) is 0 Å². The van der Waals surface area contributed by atoms with Crippen LogP contribution in [0.25, 0.3) is 0 Å². The van der Waals surface area contributed by atoms with Crippen LogP contribution >= 0.6 is 0 Å². The van der Waals surface area contributed by atoms with Gasteiger partial charge in [-0.2, -0.15) is 4.94 Å². The molecule has 0 unspecified atom stereocenters. The van der Waals surface area contributed by atoms with Crippen molar-refractivity contribution < 1.29 is 26.5 Å². The van der Waals surface area contributed by atoms with Crippen molar-refractivity contribution >= 4 is 0 Å². The third-order valence-electron chi connectivity index (χ3n) is 0.281. The molecule has 0 bridgehead atoms. The molecule has 0 aliphatic rings. The topological polar surface area (TPSA) is 9.23 Å². The Bertz CT molecular complexity index is 18.3. The Labute approximate surface area is 47.2 Å². The van der Waals surface area contributed by atoms with Gasteiger partial charge in [0.25, 0.3) is 0 Å². The van der Waals surface area contributed by atoms with E-state index >= 15 is 0 Å². The molecule has 1 nitrogen and oxygen atoms in total. The van der Waals surface area contributed by atoms with E-state index in [2.05, 4.69) is 4.94 Å². The molecular weight excluding hydrogens is 135 g/mol. The largest absolute Gasteiger partial charge is 0.194 e. The maximum Gasteiger partial charge on any atom is 0.0873 e. The molecule has 0 aromatic carbocycles. The fourth-order valence-electron chi connectivity index (χ4n) is 0.0772. The SMILES string of the molecule is CCCOF.[Cu]. The molecule has 0 amide bonds. The summed E-state index contributed by atoms with van der Waals surface area (Å²) in [5, 5.41) is 0. The monoisotopic (exact) mass is 141 g/mol. The van der Waals surface area contributed by atoms with E-state index in [1.54, 1.807) is 0 Å². The van der Waals surface area contributed by atoms with Crippen molar-refractivity contribution in [3.05, 3.63) is 0 Å². The van der Waals surface area contributed by atoms with Gasteiger partial charge in [-0.3, -0.25) is 0 Å². The Kier molecular flexibility index (Phi) is 14.5. The second kappa shape index (κ2) is 9.05. The minimum atomic E-state index is 0. The van der Waals surface area contributed by atoms with Crippen LogP contribution < -0.4 is 0 Å². The molecule has 0 fully saturated rings. The van der Waals surface area contributed by atoms with Gasteiger partial charge in [0.2, 0.25) is 0 Å². The molecule has 0 N–H and O–H groups in total. The van der Waals surface area contributed by atoms with Gasteiger partial charge < -0.3 is 0 Å². The molecular formula is C3H7CuFO. The molecule has 0 saturated heterocycles. The smallest absolute Gasteiger partial charge is 0.0873 e. The first-order chi connectivity index (χ1) is 2.41. The summed E-state index contributed by atoms with van der Waals surface area (Å²) in [7, 11) is 0. The number of hydrogen-bond acceptors (Lipinski definition) is 1. The Balaban J connectivity index is 0. The van der Waals surface area contributed by atoms with Crippen molar-refractivity contribution in [2.75, 3.05) is 6.61 Å². The van der Waals surface area contributed by atoms with Crippen molar-refractivity contribution in [1.29, 1.82) is 0 Å². The van der Waals surface area contributed by atoms with Crippen LogP contribution in [0.2, 0.25) is 0 Å². The van der Waals surface area contributed by atoms with E-state index in [0.29, 0.717) is 0 Å². The summed E-state index contributed by atoms with van der Waals surface area (Å²) >= 11 is 0. The van der Waals surface area contributed by atoms with Crippen LogP contribution in [0.3, 0.4) is 0 Å². The van der Waals surface area contributed by atoms with E-state index in [1.807, 2.05) is 6.92 Å². The molecule has 43 valence electrons. The second-order valence-electron chi connectivity index (χ2n) is 0.813. The third-order valence-corrected chi connectivity index (χ3v) is 0.281. The predicted octanol–water partition coefficient (Wildman–Crippen LogP) is 1.29. The van der Waals surface area contributed by atoms with Crippen LogP contribution in [0.4, 0.5) is 4.53 Å². The molecule has 0 atom stereocenters. The fourth-order valence-corrected chi connectivity index (χ4v) is 0.0772. The van der Waals surface area contributed by atoms with Crippen molar-refractivity contribution in [2.45, 2.75) is 13.3 Å². The van der Waals surface area contributed by atoms with Gasteiger partial charge in [0.15, 0.2) is 0 Å². The number of hydrogen-bond donors (Lipinski definition) is 0. The van der Waals surface area contributed by atoms with Gasteiger partial charge in [-0.25, -0.2) is 0 Å². The minimum Gasteiger partial charge on any atom is -0.194 e. The first-order valence-corrected chi connectivity index (χ1v) is 1.65. The zero-order chi connectivity index (χ0) is 4.12. The van der Waals surface area contributed by atoms with E-state index in [-0.39, 0.29) is 23.7 Å². The fraction of sp³-hybridized carbons (Fsp3) is 1.00. The van der Waals surface area contributed by atoms with Crippen molar-refractivity contribution in [2.24, 2.45) is 0 Å². The van der Waals surface area contributed by atoms with Gasteiger partial charge in [-0.05, 0) is 10.9 Å². The average molecular weight is 142 g/mol. The van der Waals surface area contributed by atoms with Gasteiger partial charge in [-0.1, -0.05) is 6.92 Å². The van der Waals surface area contributed by atoms with E-state index in [9.17, 15) is 4.53 Å². The zero-order valence-electron chi connectivity index (χ0n) is 3.50. The minimum absolute atomic E-state index is 0. The molecule has 0 aromatic heterocycles. The summed E-state index contributed by atoms with van der Waals surface area (Å²) in [6.07, 6.45) is 0.747. The van der Waals surface area contributed by atoms with Crippen molar-refractivity contribution in [3.8, 4) is 0 Å². The summed E-state index contributed by atoms with van der Waals surface area (Å²) in [5.41, 5.74) is 0. The van der Waals surface area contributed by atoms with Crippen molar-refractivity contribution in [1.82, 2.24) is 0 Å². The molecule has 3 heteroatoms. The number of halogens is 1. The van der Waals surface area contributed by atoms with Crippen LogP contribution in [-0.4, -0.2) is 6.61 Å². The quantitative estimate of drug-likeness (QED) is 0.527. The Hall–Kier alpha value is 0.409. The maximum atomic E-state index is 10.5. The van der Waals surface area contributed by atoms with Crippen LogP contribution in [0.15, 0.2) is 0 Å². The Morgan fingerprint density at radius 2 is 2.17 bits per heavy atom. The summed E-state index contributed by atoms with van der Waals surface area (Å²) in [4.78, 5) is 3.19. The maximum absolute atomic E-state index is 10.5. The third kappa shape index (κ3) is 8.83. The van der Waals surface area contributed by atoms with E-state index in [0.717, 1.165) is 6.42 Å². The molecule has 1 radical (unpaired) electrons. The molecule has 0 rings (SSSR count). The van der Waals surface area contributed by atoms with Gasteiger partial charge in [0, 0.05) is 17.1 Å². The van der Waals surface area contributed by atoms with Gasteiger partial charge >= 0.3 is 0 Å². The first kappa shape index (κ1) is 9.65. The molecule has 0 aliphatic heterocycles. The normalized spacial score (nSPS) is 7.00. The molecule has 0 saturated carbocycles. The summed E-state index contributed by atoms with van der Waals surface area (Å²) in [5.74, 6) is 0. The van der Waals surface area contributed by atoms with Crippen molar-refractivity contribution in [3.63, 3.8) is 0 Å².